The summed E-state index contributed by atoms with van der Waals surface area (Å²) in [4.78, 5) is 23.6. The number of nitrogens with zero attached hydrogens (tertiary/aromatic N) is 4. The fourth-order valence-electron chi connectivity index (χ4n) is 4.02. The van der Waals surface area contributed by atoms with E-state index in [0.717, 1.165) is 11.1 Å². The molecule has 0 spiro atoms. The number of aromatic nitrogens is 4. The number of carbonyl (C=O) groups is 2. The third kappa shape index (κ3) is 27.2. The molecular weight excluding hydrogens is 708 g/mol. The lowest BCUT2D eigenvalue weighted by Gasteiger charge is -2.19. The molecule has 0 bridgehead atoms. The third-order valence-corrected chi connectivity index (χ3v) is 6.64. The molecule has 0 aliphatic heterocycles. The van der Waals surface area contributed by atoms with Gasteiger partial charge in [0.1, 0.15) is 5.60 Å². The van der Waals surface area contributed by atoms with Gasteiger partial charge in [-0.15, -0.1) is 20.4 Å². The molecule has 18 nitrogen and oxygen atoms in total. The van der Waals surface area contributed by atoms with E-state index in [-0.39, 0.29) is 12.3 Å². The van der Waals surface area contributed by atoms with Gasteiger partial charge in [0.2, 0.25) is 11.7 Å². The highest BCUT2D eigenvalue weighted by Gasteiger charge is 2.15. The number of ether oxygens (including phenoxy) is 10. The van der Waals surface area contributed by atoms with Crippen molar-refractivity contribution in [3.05, 3.63) is 35.7 Å². The average molecular weight is 769 g/mol. The van der Waals surface area contributed by atoms with Crippen LogP contribution in [0.2, 0.25) is 0 Å². The van der Waals surface area contributed by atoms with Gasteiger partial charge in [0.05, 0.1) is 119 Å². The molecule has 0 saturated carbocycles. The number of hydrogen-bond acceptors (Lipinski definition) is 16. The van der Waals surface area contributed by atoms with Crippen LogP contribution in [0.25, 0.3) is 11.4 Å². The Morgan fingerprint density at radius 3 is 1.33 bits per heavy atom. The Bertz CT molecular complexity index is 1220. The highest BCUT2D eigenvalue weighted by atomic mass is 16.6. The Balaban J connectivity index is 1.21. The van der Waals surface area contributed by atoms with Crippen LogP contribution in [0.1, 0.15) is 38.6 Å². The van der Waals surface area contributed by atoms with Gasteiger partial charge in [0.15, 0.2) is 5.82 Å². The first kappa shape index (κ1) is 46.7. The molecule has 1 heterocycles. The Morgan fingerprint density at radius 1 is 0.537 bits per heavy atom. The zero-order valence-electron chi connectivity index (χ0n) is 32.3. The quantitative estimate of drug-likeness (QED) is 0.0997. The molecule has 54 heavy (non-hydrogen) atoms. The number of hydrogen-bond donors (Lipinski definition) is 2. The maximum atomic E-state index is 12.1. The Morgan fingerprint density at radius 2 is 0.926 bits per heavy atom. The standard InChI is InChI=1S/C36H60N6O12/c1-30-39-41-34(42-40-30)32-7-5-31(6-8-32)29-38-33(43)9-11-45-13-15-47-17-19-49-21-23-51-25-27-53-28-26-52-24-22-50-20-18-48-16-14-46-12-10-37-35(44)54-36(2,3)4/h5-8H,9-29H2,1-4H3,(H,37,44)(H,38,43). The summed E-state index contributed by atoms with van der Waals surface area (Å²) < 4.78 is 54.3. The molecule has 0 aliphatic rings. The maximum Gasteiger partial charge on any atom is 0.407 e. The largest absolute Gasteiger partial charge is 0.444 e. The number of amides is 2. The van der Waals surface area contributed by atoms with E-state index in [1.54, 1.807) is 6.92 Å². The minimum absolute atomic E-state index is 0.0903. The zero-order valence-corrected chi connectivity index (χ0v) is 32.3. The average Bonchev–Trinajstić information content (AvgIpc) is 3.14. The van der Waals surface area contributed by atoms with E-state index in [4.69, 9.17) is 47.4 Å². The predicted molar refractivity (Wildman–Crippen MR) is 196 cm³/mol. The first-order valence-corrected chi connectivity index (χ1v) is 18.3. The van der Waals surface area contributed by atoms with Crippen molar-refractivity contribution in [2.45, 2.75) is 46.3 Å². The summed E-state index contributed by atoms with van der Waals surface area (Å²) in [6.45, 7) is 16.0. The minimum Gasteiger partial charge on any atom is -0.444 e. The molecule has 0 radical (unpaired) electrons. The first-order valence-electron chi connectivity index (χ1n) is 18.3. The van der Waals surface area contributed by atoms with Crippen molar-refractivity contribution < 1.29 is 57.0 Å². The molecule has 0 fully saturated rings. The van der Waals surface area contributed by atoms with Gasteiger partial charge in [0, 0.05) is 25.1 Å². The zero-order chi connectivity index (χ0) is 39.0. The summed E-state index contributed by atoms with van der Waals surface area (Å²) in [6.07, 6.45) is -0.192. The number of carbonyl (C=O) groups excluding carboxylic acids is 2. The summed E-state index contributed by atoms with van der Waals surface area (Å²) in [5, 5.41) is 21.4. The van der Waals surface area contributed by atoms with Crippen LogP contribution in [0.4, 0.5) is 4.79 Å². The number of benzene rings is 1. The van der Waals surface area contributed by atoms with Crippen LogP contribution < -0.4 is 10.6 Å². The van der Waals surface area contributed by atoms with Crippen LogP contribution in [0.3, 0.4) is 0 Å². The van der Waals surface area contributed by atoms with E-state index in [2.05, 4.69) is 31.0 Å². The van der Waals surface area contributed by atoms with Gasteiger partial charge in [-0.1, -0.05) is 24.3 Å². The fourth-order valence-corrected chi connectivity index (χ4v) is 4.02. The van der Waals surface area contributed by atoms with E-state index in [1.165, 1.54) is 0 Å². The van der Waals surface area contributed by atoms with Crippen molar-refractivity contribution in [1.82, 2.24) is 31.0 Å². The molecule has 2 rings (SSSR count). The van der Waals surface area contributed by atoms with E-state index < -0.39 is 11.7 Å². The van der Waals surface area contributed by atoms with Gasteiger partial charge in [0.25, 0.3) is 0 Å². The molecule has 1 aromatic heterocycles. The van der Waals surface area contributed by atoms with E-state index in [9.17, 15) is 9.59 Å². The molecular formula is C36H60N6O12. The SMILES string of the molecule is Cc1nnc(-c2ccc(CNC(=O)CCOCCOCCOCCOCCOCCOCCOCCOCCOCCNC(=O)OC(C)(C)C)cc2)nn1. The highest BCUT2D eigenvalue weighted by Crippen LogP contribution is 2.14. The van der Waals surface area contributed by atoms with Gasteiger partial charge in [-0.3, -0.25) is 4.79 Å². The monoisotopic (exact) mass is 768 g/mol. The molecule has 306 valence electrons. The Labute approximate surface area is 318 Å². The third-order valence-electron chi connectivity index (χ3n) is 6.64. The van der Waals surface area contributed by atoms with Gasteiger partial charge in [-0.05, 0) is 33.3 Å². The van der Waals surface area contributed by atoms with Crippen molar-refractivity contribution in [2.24, 2.45) is 0 Å². The van der Waals surface area contributed by atoms with Crippen LogP contribution in [-0.4, -0.2) is 163 Å². The number of rotatable bonds is 33. The summed E-state index contributed by atoms with van der Waals surface area (Å²) in [6, 6.07) is 7.54. The summed E-state index contributed by atoms with van der Waals surface area (Å²) in [7, 11) is 0. The predicted octanol–water partition coefficient (Wildman–Crippen LogP) is 1.92. The second kappa shape index (κ2) is 30.8. The Hall–Kier alpha value is -3.46. The smallest absolute Gasteiger partial charge is 0.407 e. The first-order chi connectivity index (χ1) is 26.2. The molecule has 0 unspecified atom stereocenters. The van der Waals surface area contributed by atoms with E-state index >= 15 is 0 Å². The van der Waals surface area contributed by atoms with Crippen LogP contribution in [-0.2, 0) is 58.7 Å². The topological polar surface area (TPSA) is 202 Å². The van der Waals surface area contributed by atoms with Crippen molar-refractivity contribution in [3.8, 4) is 11.4 Å². The molecule has 0 saturated heterocycles. The summed E-state index contributed by atoms with van der Waals surface area (Å²) in [5.74, 6) is 0.879. The molecule has 2 amide bonds. The van der Waals surface area contributed by atoms with Crippen molar-refractivity contribution in [1.29, 1.82) is 0 Å². The van der Waals surface area contributed by atoms with E-state index in [1.807, 2.05) is 45.0 Å². The number of aryl methyl sites for hydroxylation is 1. The van der Waals surface area contributed by atoms with Crippen LogP contribution in [0.15, 0.2) is 24.3 Å². The molecule has 0 aliphatic carbocycles. The fraction of sp³-hybridized carbons (Fsp3) is 0.722. The van der Waals surface area contributed by atoms with Gasteiger partial charge >= 0.3 is 6.09 Å². The van der Waals surface area contributed by atoms with Gasteiger partial charge in [-0.2, -0.15) is 0 Å². The van der Waals surface area contributed by atoms with Crippen molar-refractivity contribution in [3.63, 3.8) is 0 Å². The van der Waals surface area contributed by atoms with E-state index in [0.29, 0.717) is 144 Å². The lowest BCUT2D eigenvalue weighted by Crippen LogP contribution is -2.34. The number of alkyl carbamates (subject to hydrolysis) is 1. The lowest BCUT2D eigenvalue weighted by atomic mass is 10.1. The van der Waals surface area contributed by atoms with Crippen LogP contribution in [0, 0.1) is 6.92 Å². The minimum atomic E-state index is -0.518. The maximum absolute atomic E-state index is 12.1. The second-order valence-electron chi connectivity index (χ2n) is 12.4. The van der Waals surface area contributed by atoms with Gasteiger partial charge in [-0.25, -0.2) is 4.79 Å². The summed E-state index contributed by atoms with van der Waals surface area (Å²) in [5.41, 5.74) is 1.25. The lowest BCUT2D eigenvalue weighted by molar-refractivity contribution is -0.122. The Kier molecular flexibility index (Phi) is 26.7. The molecule has 2 N–H and O–H groups in total. The van der Waals surface area contributed by atoms with Crippen LogP contribution in [0.5, 0.6) is 0 Å². The molecule has 18 heteroatoms. The van der Waals surface area contributed by atoms with Crippen molar-refractivity contribution >= 4 is 12.0 Å². The van der Waals surface area contributed by atoms with Crippen LogP contribution >= 0.6 is 0 Å². The molecule has 0 atom stereocenters. The van der Waals surface area contributed by atoms with Gasteiger partial charge < -0.3 is 58.0 Å². The normalized spacial score (nSPS) is 11.5. The number of nitrogens with one attached hydrogen (secondary N) is 2. The summed E-state index contributed by atoms with van der Waals surface area (Å²) >= 11 is 0. The van der Waals surface area contributed by atoms with Crippen molar-refractivity contribution in [2.75, 3.05) is 125 Å². The molecule has 1 aromatic carbocycles. The second-order valence-corrected chi connectivity index (χ2v) is 12.4. The highest BCUT2D eigenvalue weighted by molar-refractivity contribution is 5.76. The molecule has 2 aromatic rings.